The number of benzene rings is 3. The van der Waals surface area contributed by atoms with Crippen LogP contribution in [0.1, 0.15) is 38.2 Å². The Morgan fingerprint density at radius 1 is 0.733 bits per heavy atom. The molecule has 2 N–H and O–H groups in total. The van der Waals surface area contributed by atoms with Gasteiger partial charge >= 0.3 is 0 Å². The Kier molecular flexibility index (Phi) is 5.99. The van der Waals surface area contributed by atoms with Crippen molar-refractivity contribution < 1.29 is 13.2 Å². The van der Waals surface area contributed by atoms with Crippen molar-refractivity contribution in [2.45, 2.75) is 39.5 Å². The molecule has 6 heteroatoms. The van der Waals surface area contributed by atoms with E-state index in [9.17, 15) is 13.2 Å². The molecule has 0 spiro atoms. The van der Waals surface area contributed by atoms with Crippen LogP contribution in [0.2, 0.25) is 0 Å². The van der Waals surface area contributed by atoms with Crippen molar-refractivity contribution in [3.8, 4) is 0 Å². The van der Waals surface area contributed by atoms with E-state index >= 15 is 0 Å². The SMILES string of the molecule is Cc1ccc(C)c(NC(=O)c2ccc(C)c(S(=O)(=O)Nc3ccc(C)c(C)c3)c2)c1. The van der Waals surface area contributed by atoms with Crippen LogP contribution in [0.15, 0.2) is 59.5 Å². The van der Waals surface area contributed by atoms with Crippen LogP contribution in [0.3, 0.4) is 0 Å². The van der Waals surface area contributed by atoms with Crippen molar-refractivity contribution >= 4 is 27.3 Å². The topological polar surface area (TPSA) is 75.3 Å². The largest absolute Gasteiger partial charge is 0.322 e. The van der Waals surface area contributed by atoms with E-state index in [0.717, 1.165) is 22.3 Å². The summed E-state index contributed by atoms with van der Waals surface area (Å²) in [6.45, 7) is 9.46. The molecule has 3 aromatic carbocycles. The molecule has 0 saturated carbocycles. The van der Waals surface area contributed by atoms with E-state index in [4.69, 9.17) is 0 Å². The first kappa shape index (κ1) is 21.6. The zero-order valence-corrected chi connectivity index (χ0v) is 18.6. The molecule has 156 valence electrons. The predicted molar refractivity (Wildman–Crippen MR) is 122 cm³/mol. The number of aryl methyl sites for hydroxylation is 5. The van der Waals surface area contributed by atoms with Gasteiger partial charge < -0.3 is 5.32 Å². The maximum atomic E-state index is 13.0. The summed E-state index contributed by atoms with van der Waals surface area (Å²) >= 11 is 0. The average molecular weight is 423 g/mol. The van der Waals surface area contributed by atoms with Crippen LogP contribution in [0.25, 0.3) is 0 Å². The molecule has 3 rings (SSSR count). The molecule has 0 aliphatic carbocycles. The van der Waals surface area contributed by atoms with Crippen LogP contribution in [0, 0.1) is 34.6 Å². The van der Waals surface area contributed by atoms with Gasteiger partial charge in [0.2, 0.25) is 0 Å². The summed E-state index contributed by atoms with van der Waals surface area (Å²) in [6, 6.07) is 15.9. The fourth-order valence-corrected chi connectivity index (χ4v) is 4.43. The van der Waals surface area contributed by atoms with Gasteiger partial charge in [0.15, 0.2) is 0 Å². The molecular formula is C24H26N2O3S. The molecule has 0 fully saturated rings. The van der Waals surface area contributed by atoms with Crippen molar-refractivity contribution in [2.24, 2.45) is 0 Å². The average Bonchev–Trinajstić information content (AvgIpc) is 2.67. The Labute approximate surface area is 178 Å². The maximum Gasteiger partial charge on any atom is 0.262 e. The van der Waals surface area contributed by atoms with E-state index in [1.807, 2.05) is 52.0 Å². The van der Waals surface area contributed by atoms with Crippen LogP contribution in [0.5, 0.6) is 0 Å². The summed E-state index contributed by atoms with van der Waals surface area (Å²) < 4.78 is 28.6. The Bertz CT molecular complexity index is 1230. The van der Waals surface area contributed by atoms with Crippen molar-refractivity contribution in [1.82, 2.24) is 0 Å². The summed E-state index contributed by atoms with van der Waals surface area (Å²) in [7, 11) is -3.85. The molecule has 0 aliphatic rings. The molecule has 0 aromatic heterocycles. The predicted octanol–water partition coefficient (Wildman–Crippen LogP) is 5.28. The number of rotatable bonds is 5. The number of sulfonamides is 1. The molecule has 1 amide bonds. The van der Waals surface area contributed by atoms with Crippen LogP contribution in [-0.2, 0) is 10.0 Å². The number of anilines is 2. The van der Waals surface area contributed by atoms with Gasteiger partial charge in [0.05, 0.1) is 4.90 Å². The van der Waals surface area contributed by atoms with Gasteiger partial charge in [-0.3, -0.25) is 9.52 Å². The minimum Gasteiger partial charge on any atom is -0.322 e. The van der Waals surface area contributed by atoms with Gasteiger partial charge in [0.1, 0.15) is 0 Å². The fourth-order valence-electron chi connectivity index (χ4n) is 3.11. The quantitative estimate of drug-likeness (QED) is 0.587. The third-order valence-electron chi connectivity index (χ3n) is 5.14. The third-order valence-corrected chi connectivity index (χ3v) is 6.66. The van der Waals surface area contributed by atoms with E-state index < -0.39 is 10.0 Å². The fraction of sp³-hybridized carbons (Fsp3) is 0.208. The highest BCUT2D eigenvalue weighted by atomic mass is 32.2. The molecule has 0 saturated heterocycles. The zero-order valence-electron chi connectivity index (χ0n) is 17.8. The highest BCUT2D eigenvalue weighted by molar-refractivity contribution is 7.92. The van der Waals surface area contributed by atoms with E-state index in [1.165, 1.54) is 6.07 Å². The molecule has 0 bridgehead atoms. The lowest BCUT2D eigenvalue weighted by Crippen LogP contribution is -2.17. The number of hydrogen-bond donors (Lipinski definition) is 2. The second kappa shape index (κ2) is 8.32. The standard InChI is InChI=1S/C24H26N2O3S/c1-15-6-7-17(3)22(12-15)25-24(27)20-10-8-18(4)23(14-20)30(28,29)26-21-11-9-16(2)19(5)13-21/h6-14,26H,1-5H3,(H,25,27). The Balaban J connectivity index is 1.91. The van der Waals surface area contributed by atoms with E-state index in [0.29, 0.717) is 16.9 Å². The van der Waals surface area contributed by atoms with Crippen molar-refractivity contribution in [2.75, 3.05) is 10.0 Å². The summed E-state index contributed by atoms with van der Waals surface area (Å²) in [4.78, 5) is 12.9. The molecule has 3 aromatic rings. The second-order valence-corrected chi connectivity index (χ2v) is 9.31. The van der Waals surface area contributed by atoms with Crippen LogP contribution >= 0.6 is 0 Å². The van der Waals surface area contributed by atoms with E-state index in [-0.39, 0.29) is 16.4 Å². The maximum absolute atomic E-state index is 13.0. The van der Waals surface area contributed by atoms with Gasteiger partial charge in [-0.15, -0.1) is 0 Å². The van der Waals surface area contributed by atoms with Crippen molar-refractivity contribution in [3.63, 3.8) is 0 Å². The number of carbonyl (C=O) groups excluding carboxylic acids is 1. The highest BCUT2D eigenvalue weighted by Crippen LogP contribution is 2.23. The Morgan fingerprint density at radius 3 is 2.10 bits per heavy atom. The minimum absolute atomic E-state index is 0.0781. The lowest BCUT2D eigenvalue weighted by Gasteiger charge is -2.14. The van der Waals surface area contributed by atoms with Gasteiger partial charge in [0.25, 0.3) is 15.9 Å². The normalized spacial score (nSPS) is 11.2. The molecule has 0 atom stereocenters. The number of hydrogen-bond acceptors (Lipinski definition) is 3. The van der Waals surface area contributed by atoms with Crippen LogP contribution in [-0.4, -0.2) is 14.3 Å². The molecule has 5 nitrogen and oxygen atoms in total. The highest BCUT2D eigenvalue weighted by Gasteiger charge is 2.20. The smallest absolute Gasteiger partial charge is 0.262 e. The lowest BCUT2D eigenvalue weighted by molar-refractivity contribution is 0.102. The van der Waals surface area contributed by atoms with E-state index in [2.05, 4.69) is 10.0 Å². The molecule has 0 unspecified atom stereocenters. The van der Waals surface area contributed by atoms with Gasteiger partial charge in [0, 0.05) is 16.9 Å². The monoisotopic (exact) mass is 422 g/mol. The first-order valence-corrected chi connectivity index (χ1v) is 11.1. The Hall–Kier alpha value is -3.12. The summed E-state index contributed by atoms with van der Waals surface area (Å²) in [5.41, 5.74) is 6.08. The summed E-state index contributed by atoms with van der Waals surface area (Å²) in [5, 5.41) is 2.87. The first-order chi connectivity index (χ1) is 14.1. The van der Waals surface area contributed by atoms with Crippen LogP contribution < -0.4 is 10.0 Å². The second-order valence-electron chi connectivity index (χ2n) is 7.66. The van der Waals surface area contributed by atoms with Gasteiger partial charge in [-0.1, -0.05) is 24.3 Å². The van der Waals surface area contributed by atoms with Gasteiger partial charge in [-0.2, -0.15) is 0 Å². The lowest BCUT2D eigenvalue weighted by atomic mass is 10.1. The summed E-state index contributed by atoms with van der Waals surface area (Å²) in [6.07, 6.45) is 0. The zero-order chi connectivity index (χ0) is 22.1. The Morgan fingerprint density at radius 2 is 1.40 bits per heavy atom. The van der Waals surface area contributed by atoms with Crippen molar-refractivity contribution in [1.29, 1.82) is 0 Å². The molecular weight excluding hydrogens is 396 g/mol. The van der Waals surface area contributed by atoms with Gasteiger partial charge in [-0.05, 0) is 92.8 Å². The molecule has 0 aliphatic heterocycles. The third kappa shape index (κ3) is 4.71. The minimum atomic E-state index is -3.85. The number of carbonyl (C=O) groups is 1. The molecule has 0 heterocycles. The van der Waals surface area contributed by atoms with Crippen LogP contribution in [0.4, 0.5) is 11.4 Å². The molecule has 0 radical (unpaired) electrons. The summed E-state index contributed by atoms with van der Waals surface area (Å²) in [5.74, 6) is -0.355. The van der Waals surface area contributed by atoms with E-state index in [1.54, 1.807) is 31.2 Å². The first-order valence-electron chi connectivity index (χ1n) is 9.66. The number of amides is 1. The molecule has 30 heavy (non-hydrogen) atoms. The van der Waals surface area contributed by atoms with Gasteiger partial charge in [-0.25, -0.2) is 8.42 Å². The van der Waals surface area contributed by atoms with Crippen molar-refractivity contribution in [3.05, 3.63) is 88.0 Å². The number of nitrogens with one attached hydrogen (secondary N) is 2.